The Balaban J connectivity index is 1.59. The van der Waals surface area contributed by atoms with Crippen molar-refractivity contribution in [2.45, 2.75) is 26.5 Å². The van der Waals surface area contributed by atoms with Gasteiger partial charge in [-0.3, -0.25) is 0 Å². The molecule has 1 aromatic heterocycles. The van der Waals surface area contributed by atoms with Crippen molar-refractivity contribution in [1.82, 2.24) is 9.55 Å². The van der Waals surface area contributed by atoms with Gasteiger partial charge in [0.2, 0.25) is 0 Å². The lowest BCUT2D eigenvalue weighted by Gasteiger charge is -2.12. The molecular formula is C23H24N2O2. The molecule has 0 amide bonds. The van der Waals surface area contributed by atoms with Crippen LogP contribution in [0.25, 0.3) is 21.8 Å². The van der Waals surface area contributed by atoms with Crippen molar-refractivity contribution in [3.05, 3.63) is 72.6 Å². The van der Waals surface area contributed by atoms with Gasteiger partial charge in [-0.25, -0.2) is 4.98 Å². The Morgan fingerprint density at radius 2 is 1.74 bits per heavy atom. The van der Waals surface area contributed by atoms with Gasteiger partial charge in [-0.1, -0.05) is 48.5 Å². The Kier molecular flexibility index (Phi) is 5.35. The minimum Gasteiger partial charge on any atom is -0.485 e. The van der Waals surface area contributed by atoms with Gasteiger partial charge in [-0.15, -0.1) is 0 Å². The topological polar surface area (TPSA) is 36.3 Å². The zero-order chi connectivity index (χ0) is 18.5. The van der Waals surface area contributed by atoms with E-state index >= 15 is 0 Å². The maximum atomic E-state index is 6.19. The molecule has 27 heavy (non-hydrogen) atoms. The fourth-order valence-corrected chi connectivity index (χ4v) is 3.42. The number of nitrogens with zero attached hydrogens (tertiary/aromatic N) is 2. The van der Waals surface area contributed by atoms with Crippen molar-refractivity contribution in [3.8, 4) is 5.75 Å². The second kappa shape index (κ2) is 8.23. The van der Waals surface area contributed by atoms with Crippen molar-refractivity contribution in [2.75, 3.05) is 13.2 Å². The van der Waals surface area contributed by atoms with Crippen LogP contribution >= 0.6 is 0 Å². The standard InChI is InChI=1S/C23H24N2O2/c1-2-26-16-8-15-25-21-13-6-5-12-20(21)24-23(25)17-27-22-14-7-10-18-9-3-4-11-19(18)22/h3-7,9-14H,2,8,15-17H2,1H3. The van der Waals surface area contributed by atoms with Crippen LogP contribution in [0, 0.1) is 0 Å². The fraction of sp³-hybridized carbons (Fsp3) is 0.261. The Labute approximate surface area is 159 Å². The second-order valence-electron chi connectivity index (χ2n) is 6.48. The highest BCUT2D eigenvalue weighted by Gasteiger charge is 2.11. The lowest BCUT2D eigenvalue weighted by molar-refractivity contribution is 0.141. The quantitative estimate of drug-likeness (QED) is 0.406. The summed E-state index contributed by atoms with van der Waals surface area (Å²) in [4.78, 5) is 4.80. The van der Waals surface area contributed by atoms with Crippen molar-refractivity contribution in [3.63, 3.8) is 0 Å². The molecule has 0 N–H and O–H groups in total. The van der Waals surface area contributed by atoms with E-state index in [-0.39, 0.29) is 0 Å². The molecule has 0 fully saturated rings. The van der Waals surface area contributed by atoms with Crippen molar-refractivity contribution in [2.24, 2.45) is 0 Å². The van der Waals surface area contributed by atoms with Gasteiger partial charge in [0.1, 0.15) is 18.2 Å². The number of ether oxygens (including phenoxy) is 2. The summed E-state index contributed by atoms with van der Waals surface area (Å²) in [6.45, 7) is 4.84. The van der Waals surface area contributed by atoms with E-state index in [0.717, 1.165) is 54.2 Å². The van der Waals surface area contributed by atoms with Crippen molar-refractivity contribution < 1.29 is 9.47 Å². The summed E-state index contributed by atoms with van der Waals surface area (Å²) < 4.78 is 13.9. The molecular weight excluding hydrogens is 336 g/mol. The SMILES string of the molecule is CCOCCCn1c(COc2cccc3ccccc23)nc2ccccc21. The van der Waals surface area contributed by atoms with Crippen LogP contribution in [0.2, 0.25) is 0 Å². The summed E-state index contributed by atoms with van der Waals surface area (Å²) in [7, 11) is 0. The summed E-state index contributed by atoms with van der Waals surface area (Å²) >= 11 is 0. The predicted molar refractivity (Wildman–Crippen MR) is 109 cm³/mol. The van der Waals surface area contributed by atoms with Gasteiger partial charge in [-0.05, 0) is 36.9 Å². The Morgan fingerprint density at radius 3 is 2.67 bits per heavy atom. The molecule has 1 heterocycles. The third-order valence-corrected chi connectivity index (χ3v) is 4.71. The van der Waals surface area contributed by atoms with Gasteiger partial charge >= 0.3 is 0 Å². The normalized spacial score (nSPS) is 11.3. The van der Waals surface area contributed by atoms with Gasteiger partial charge in [0.05, 0.1) is 11.0 Å². The highest BCUT2D eigenvalue weighted by Crippen LogP contribution is 2.26. The molecule has 4 aromatic rings. The highest BCUT2D eigenvalue weighted by molar-refractivity contribution is 5.88. The molecule has 4 nitrogen and oxygen atoms in total. The lowest BCUT2D eigenvalue weighted by Crippen LogP contribution is -2.09. The number of rotatable bonds is 8. The molecule has 0 aliphatic rings. The third kappa shape index (κ3) is 3.81. The zero-order valence-electron chi connectivity index (χ0n) is 15.6. The number of benzene rings is 3. The monoisotopic (exact) mass is 360 g/mol. The van der Waals surface area contributed by atoms with E-state index in [0.29, 0.717) is 6.61 Å². The lowest BCUT2D eigenvalue weighted by atomic mass is 10.1. The minimum absolute atomic E-state index is 0.442. The van der Waals surface area contributed by atoms with E-state index in [2.05, 4.69) is 41.0 Å². The Bertz CT molecular complexity index is 1030. The Morgan fingerprint density at radius 1 is 0.926 bits per heavy atom. The number of aromatic nitrogens is 2. The first-order chi connectivity index (χ1) is 13.4. The number of fused-ring (bicyclic) bond motifs is 2. The predicted octanol–water partition coefficient (Wildman–Crippen LogP) is 5.20. The first-order valence-electron chi connectivity index (χ1n) is 9.49. The molecule has 0 aliphatic heterocycles. The molecule has 138 valence electrons. The smallest absolute Gasteiger partial charge is 0.147 e. The summed E-state index contributed by atoms with van der Waals surface area (Å²) in [6.07, 6.45) is 0.954. The van der Waals surface area contributed by atoms with E-state index in [4.69, 9.17) is 14.5 Å². The number of hydrogen-bond acceptors (Lipinski definition) is 3. The highest BCUT2D eigenvalue weighted by atomic mass is 16.5. The molecule has 0 unspecified atom stereocenters. The molecule has 0 radical (unpaired) electrons. The second-order valence-corrected chi connectivity index (χ2v) is 6.48. The molecule has 0 saturated carbocycles. The van der Waals surface area contributed by atoms with E-state index in [9.17, 15) is 0 Å². The molecule has 0 spiro atoms. The maximum Gasteiger partial charge on any atom is 0.147 e. The summed E-state index contributed by atoms with van der Waals surface area (Å²) in [6, 6.07) is 22.7. The van der Waals surface area contributed by atoms with E-state index in [1.165, 1.54) is 5.39 Å². The minimum atomic E-state index is 0.442. The molecule has 3 aromatic carbocycles. The van der Waals surface area contributed by atoms with Gasteiger partial charge in [-0.2, -0.15) is 0 Å². The molecule has 0 bridgehead atoms. The average Bonchev–Trinajstić information content (AvgIpc) is 3.07. The van der Waals surface area contributed by atoms with Gasteiger partial charge in [0.25, 0.3) is 0 Å². The van der Waals surface area contributed by atoms with Gasteiger partial charge < -0.3 is 14.0 Å². The van der Waals surface area contributed by atoms with Gasteiger partial charge in [0.15, 0.2) is 0 Å². The molecule has 0 atom stereocenters. The van der Waals surface area contributed by atoms with Crippen LogP contribution in [0.5, 0.6) is 5.75 Å². The van der Waals surface area contributed by atoms with Gasteiger partial charge in [0, 0.05) is 25.1 Å². The van der Waals surface area contributed by atoms with E-state index < -0.39 is 0 Å². The molecule has 4 heteroatoms. The number of aryl methyl sites for hydroxylation is 1. The van der Waals surface area contributed by atoms with E-state index in [1.807, 2.05) is 37.3 Å². The largest absolute Gasteiger partial charge is 0.485 e. The third-order valence-electron chi connectivity index (χ3n) is 4.71. The van der Waals surface area contributed by atoms with Crippen molar-refractivity contribution >= 4 is 21.8 Å². The van der Waals surface area contributed by atoms with Crippen LogP contribution in [0.15, 0.2) is 66.7 Å². The van der Waals surface area contributed by atoms with Crippen molar-refractivity contribution in [1.29, 1.82) is 0 Å². The van der Waals surface area contributed by atoms with Crippen LogP contribution in [-0.4, -0.2) is 22.8 Å². The summed E-state index contributed by atoms with van der Waals surface area (Å²) in [5, 5.41) is 2.30. The number of imidazole rings is 1. The summed E-state index contributed by atoms with van der Waals surface area (Å²) in [5.74, 6) is 1.83. The average molecular weight is 360 g/mol. The molecule has 0 aliphatic carbocycles. The Hall–Kier alpha value is -2.85. The van der Waals surface area contributed by atoms with Crippen LogP contribution < -0.4 is 4.74 Å². The van der Waals surface area contributed by atoms with Crippen LogP contribution in [0.4, 0.5) is 0 Å². The number of hydrogen-bond donors (Lipinski definition) is 0. The summed E-state index contributed by atoms with van der Waals surface area (Å²) in [5.41, 5.74) is 2.15. The number of para-hydroxylation sites is 2. The van der Waals surface area contributed by atoms with Crippen LogP contribution in [-0.2, 0) is 17.9 Å². The first-order valence-corrected chi connectivity index (χ1v) is 9.49. The maximum absolute atomic E-state index is 6.19. The fourth-order valence-electron chi connectivity index (χ4n) is 3.42. The zero-order valence-corrected chi connectivity index (χ0v) is 15.6. The van der Waals surface area contributed by atoms with Crippen LogP contribution in [0.1, 0.15) is 19.2 Å². The first kappa shape index (κ1) is 17.6. The molecule has 4 rings (SSSR count). The molecule has 0 saturated heterocycles. The van der Waals surface area contributed by atoms with Crippen LogP contribution in [0.3, 0.4) is 0 Å². The van der Waals surface area contributed by atoms with E-state index in [1.54, 1.807) is 0 Å².